The fourth-order valence-corrected chi connectivity index (χ4v) is 2.03. The number of hydrogen-bond acceptors (Lipinski definition) is 4. The van der Waals surface area contributed by atoms with E-state index in [2.05, 4.69) is 4.98 Å². The van der Waals surface area contributed by atoms with Gasteiger partial charge >= 0.3 is 0 Å². The largest absolute Gasteiger partial charge is 0.489 e. The van der Waals surface area contributed by atoms with Gasteiger partial charge in [0.2, 0.25) is 0 Å². The molecule has 1 heterocycles. The first-order chi connectivity index (χ1) is 9.45. The molecule has 5 heteroatoms. The van der Waals surface area contributed by atoms with Gasteiger partial charge in [-0.05, 0) is 38.1 Å². The van der Waals surface area contributed by atoms with Crippen molar-refractivity contribution in [2.75, 3.05) is 5.73 Å². The van der Waals surface area contributed by atoms with E-state index in [0.29, 0.717) is 27.6 Å². The molecule has 0 aliphatic carbocycles. The van der Waals surface area contributed by atoms with Crippen LogP contribution in [0.25, 0.3) is 0 Å². The van der Waals surface area contributed by atoms with Crippen molar-refractivity contribution in [1.29, 1.82) is 0 Å². The minimum Gasteiger partial charge on any atom is -0.489 e. The summed E-state index contributed by atoms with van der Waals surface area (Å²) in [6, 6.07) is 6.42. The van der Waals surface area contributed by atoms with E-state index in [1.807, 2.05) is 13.8 Å². The predicted octanol–water partition coefficient (Wildman–Crippen LogP) is 3.34. The molecule has 2 aromatic rings. The van der Waals surface area contributed by atoms with Gasteiger partial charge in [0.05, 0.1) is 12.3 Å². The Labute approximate surface area is 122 Å². The van der Waals surface area contributed by atoms with Crippen molar-refractivity contribution in [3.05, 3.63) is 52.8 Å². The Morgan fingerprint density at radius 2 is 1.95 bits per heavy atom. The van der Waals surface area contributed by atoms with Gasteiger partial charge in [0.25, 0.3) is 0 Å². The summed E-state index contributed by atoms with van der Waals surface area (Å²) < 4.78 is 5.52. The summed E-state index contributed by atoms with van der Waals surface area (Å²) in [7, 11) is 0. The lowest BCUT2D eigenvalue weighted by molar-refractivity contribution is 0.103. The van der Waals surface area contributed by atoms with Crippen molar-refractivity contribution in [2.45, 2.75) is 20.0 Å². The third-order valence-corrected chi connectivity index (χ3v) is 2.75. The van der Waals surface area contributed by atoms with Crippen LogP contribution in [0.4, 0.5) is 5.69 Å². The summed E-state index contributed by atoms with van der Waals surface area (Å²) in [4.78, 5) is 16.4. The number of nitrogens with zero attached hydrogens (tertiary/aromatic N) is 1. The molecule has 0 aliphatic heterocycles. The van der Waals surface area contributed by atoms with Crippen LogP contribution >= 0.6 is 11.6 Å². The molecule has 0 saturated carbocycles. The fourth-order valence-electron chi connectivity index (χ4n) is 1.79. The van der Waals surface area contributed by atoms with Crippen LogP contribution in [0.15, 0.2) is 36.7 Å². The SMILES string of the molecule is CC(C)Oc1cncc(C(=O)c2cc(N)cc(Cl)c2)c1. The average molecular weight is 291 g/mol. The summed E-state index contributed by atoms with van der Waals surface area (Å²) >= 11 is 5.91. The molecule has 4 nitrogen and oxygen atoms in total. The number of pyridine rings is 1. The third kappa shape index (κ3) is 3.48. The van der Waals surface area contributed by atoms with Crippen LogP contribution in [-0.4, -0.2) is 16.9 Å². The lowest BCUT2D eigenvalue weighted by Crippen LogP contribution is -2.08. The zero-order valence-corrected chi connectivity index (χ0v) is 12.0. The van der Waals surface area contributed by atoms with Gasteiger partial charge in [-0.15, -0.1) is 0 Å². The highest BCUT2D eigenvalue weighted by Gasteiger charge is 2.12. The number of rotatable bonds is 4. The van der Waals surface area contributed by atoms with Crippen LogP contribution in [0.2, 0.25) is 5.02 Å². The van der Waals surface area contributed by atoms with Crippen LogP contribution in [-0.2, 0) is 0 Å². The molecule has 0 unspecified atom stereocenters. The Kier molecular flexibility index (Phi) is 4.25. The smallest absolute Gasteiger partial charge is 0.194 e. The number of ether oxygens (including phenoxy) is 1. The van der Waals surface area contributed by atoms with Gasteiger partial charge in [0, 0.05) is 28.0 Å². The van der Waals surface area contributed by atoms with Gasteiger partial charge in [0.1, 0.15) is 5.75 Å². The minimum atomic E-state index is -0.194. The molecule has 20 heavy (non-hydrogen) atoms. The van der Waals surface area contributed by atoms with Gasteiger partial charge in [-0.1, -0.05) is 11.6 Å². The van der Waals surface area contributed by atoms with Crippen LogP contribution < -0.4 is 10.5 Å². The number of nitrogen functional groups attached to an aromatic ring is 1. The van der Waals surface area contributed by atoms with Gasteiger partial charge in [-0.2, -0.15) is 0 Å². The highest BCUT2D eigenvalue weighted by atomic mass is 35.5. The highest BCUT2D eigenvalue weighted by Crippen LogP contribution is 2.21. The molecule has 2 N–H and O–H groups in total. The van der Waals surface area contributed by atoms with E-state index >= 15 is 0 Å². The van der Waals surface area contributed by atoms with Crippen LogP contribution in [0.5, 0.6) is 5.75 Å². The second-order valence-corrected chi connectivity index (χ2v) is 5.11. The zero-order chi connectivity index (χ0) is 14.7. The number of halogens is 1. The van der Waals surface area contributed by atoms with Crippen LogP contribution in [0.3, 0.4) is 0 Å². The number of carbonyl (C=O) groups excluding carboxylic acids is 1. The molecule has 0 fully saturated rings. The summed E-state index contributed by atoms with van der Waals surface area (Å²) in [5.41, 5.74) is 7.01. The second kappa shape index (κ2) is 5.92. The monoisotopic (exact) mass is 290 g/mol. The van der Waals surface area contributed by atoms with Crippen molar-refractivity contribution < 1.29 is 9.53 Å². The molecule has 0 aliphatic rings. The highest BCUT2D eigenvalue weighted by molar-refractivity contribution is 6.31. The maximum Gasteiger partial charge on any atom is 0.194 e. The first-order valence-electron chi connectivity index (χ1n) is 6.18. The number of carbonyl (C=O) groups is 1. The lowest BCUT2D eigenvalue weighted by Gasteiger charge is -2.10. The molecule has 104 valence electrons. The summed E-state index contributed by atoms with van der Waals surface area (Å²) in [5, 5.41) is 0.427. The Hall–Kier alpha value is -2.07. The van der Waals surface area contributed by atoms with Crippen LogP contribution in [0, 0.1) is 0 Å². The standard InChI is InChI=1S/C15H15ClN2O2/c1-9(2)20-14-5-11(7-18-8-14)15(19)10-3-12(16)6-13(17)4-10/h3-9H,17H2,1-2H3. The Bertz CT molecular complexity index is 621. The Morgan fingerprint density at radius 1 is 1.20 bits per heavy atom. The predicted molar refractivity (Wildman–Crippen MR) is 79.3 cm³/mol. The number of ketones is 1. The van der Waals surface area contributed by atoms with Gasteiger partial charge in [0.15, 0.2) is 5.78 Å². The minimum absolute atomic E-state index is 0.0176. The van der Waals surface area contributed by atoms with E-state index in [1.54, 1.807) is 30.5 Å². The molecular weight excluding hydrogens is 276 g/mol. The number of aromatic nitrogens is 1. The van der Waals surface area contributed by atoms with Crippen molar-refractivity contribution in [3.8, 4) is 5.75 Å². The first-order valence-corrected chi connectivity index (χ1v) is 6.56. The Morgan fingerprint density at radius 3 is 2.60 bits per heavy atom. The molecule has 0 saturated heterocycles. The molecule has 2 rings (SSSR count). The average Bonchev–Trinajstić information content (AvgIpc) is 2.36. The van der Waals surface area contributed by atoms with Crippen molar-refractivity contribution in [3.63, 3.8) is 0 Å². The topological polar surface area (TPSA) is 65.2 Å². The van der Waals surface area contributed by atoms with E-state index in [-0.39, 0.29) is 11.9 Å². The summed E-state index contributed by atoms with van der Waals surface area (Å²) in [6.45, 7) is 3.82. The molecule has 0 bridgehead atoms. The summed E-state index contributed by atoms with van der Waals surface area (Å²) in [5.74, 6) is 0.363. The van der Waals surface area contributed by atoms with Gasteiger partial charge < -0.3 is 10.5 Å². The number of benzene rings is 1. The molecule has 1 aromatic heterocycles. The van der Waals surface area contributed by atoms with E-state index in [0.717, 1.165) is 0 Å². The normalized spacial score (nSPS) is 10.6. The van der Waals surface area contributed by atoms with Crippen molar-refractivity contribution >= 4 is 23.1 Å². The van der Waals surface area contributed by atoms with E-state index < -0.39 is 0 Å². The van der Waals surface area contributed by atoms with Crippen molar-refractivity contribution in [2.24, 2.45) is 0 Å². The van der Waals surface area contributed by atoms with E-state index in [4.69, 9.17) is 22.1 Å². The number of anilines is 1. The van der Waals surface area contributed by atoms with E-state index in [9.17, 15) is 4.79 Å². The molecule has 1 aromatic carbocycles. The third-order valence-electron chi connectivity index (χ3n) is 2.53. The lowest BCUT2D eigenvalue weighted by atomic mass is 10.0. The second-order valence-electron chi connectivity index (χ2n) is 4.68. The molecule has 0 spiro atoms. The van der Waals surface area contributed by atoms with Crippen molar-refractivity contribution in [1.82, 2.24) is 4.98 Å². The van der Waals surface area contributed by atoms with E-state index in [1.165, 1.54) is 6.20 Å². The summed E-state index contributed by atoms with van der Waals surface area (Å²) in [6.07, 6.45) is 3.08. The number of nitrogens with two attached hydrogens (primary N) is 1. The maximum atomic E-state index is 12.4. The molecular formula is C15H15ClN2O2. The fraction of sp³-hybridized carbons (Fsp3) is 0.200. The molecule has 0 atom stereocenters. The van der Waals surface area contributed by atoms with Gasteiger partial charge in [-0.25, -0.2) is 0 Å². The van der Waals surface area contributed by atoms with Crippen LogP contribution in [0.1, 0.15) is 29.8 Å². The number of hydrogen-bond donors (Lipinski definition) is 1. The Balaban J connectivity index is 2.33. The maximum absolute atomic E-state index is 12.4. The van der Waals surface area contributed by atoms with Gasteiger partial charge in [-0.3, -0.25) is 9.78 Å². The molecule has 0 radical (unpaired) electrons. The zero-order valence-electron chi connectivity index (χ0n) is 11.3. The molecule has 0 amide bonds. The quantitative estimate of drug-likeness (QED) is 0.693. The first kappa shape index (κ1) is 14.3.